The molecule has 0 spiro atoms. The highest BCUT2D eigenvalue weighted by atomic mass is 35.5. The van der Waals surface area contributed by atoms with Gasteiger partial charge in [-0.2, -0.15) is 11.8 Å². The summed E-state index contributed by atoms with van der Waals surface area (Å²) in [5.74, 6) is 1.83. The molecule has 0 atom stereocenters. The van der Waals surface area contributed by atoms with E-state index in [1.54, 1.807) is 24.9 Å². The van der Waals surface area contributed by atoms with Gasteiger partial charge >= 0.3 is 0 Å². The van der Waals surface area contributed by atoms with Crippen LogP contribution in [0.5, 0.6) is 5.75 Å². The van der Waals surface area contributed by atoms with Crippen molar-refractivity contribution in [3.63, 3.8) is 0 Å². The van der Waals surface area contributed by atoms with Gasteiger partial charge in [0.1, 0.15) is 5.75 Å². The summed E-state index contributed by atoms with van der Waals surface area (Å²) in [5, 5.41) is 3.46. The second-order valence-corrected chi connectivity index (χ2v) is 5.49. The number of hydrogen-bond donors (Lipinski definition) is 1. The highest BCUT2D eigenvalue weighted by Crippen LogP contribution is 2.30. The summed E-state index contributed by atoms with van der Waals surface area (Å²) in [5.41, 5.74) is 1.55. The fourth-order valence-corrected chi connectivity index (χ4v) is 2.34. The molecule has 1 amide bonds. The molecule has 0 radical (unpaired) electrons. The Bertz CT molecular complexity index is 463. The fraction of sp³-hybridized carbons (Fsp3) is 0.357. The first-order valence-electron chi connectivity index (χ1n) is 5.91. The number of ether oxygens (including phenoxy) is 1. The molecule has 0 bridgehead atoms. The first-order valence-corrected chi connectivity index (χ1v) is 7.44. The van der Waals surface area contributed by atoms with Crippen molar-refractivity contribution >= 4 is 35.0 Å². The first kappa shape index (κ1) is 15.9. The number of thioether (sulfide) groups is 1. The van der Waals surface area contributed by atoms with Crippen molar-refractivity contribution in [2.45, 2.75) is 13.3 Å². The normalized spacial score (nSPS) is 10.1. The second-order valence-electron chi connectivity index (χ2n) is 3.98. The molecule has 1 aromatic rings. The quantitative estimate of drug-likeness (QED) is 0.613. The third-order valence-corrected chi connectivity index (χ3v) is 3.85. The molecule has 0 aliphatic rings. The van der Waals surface area contributed by atoms with Gasteiger partial charge in [0.15, 0.2) is 0 Å². The molecule has 0 saturated carbocycles. The summed E-state index contributed by atoms with van der Waals surface area (Å²) < 4.78 is 5.21. The number of halogens is 1. The minimum Gasteiger partial charge on any atom is -0.495 e. The van der Waals surface area contributed by atoms with Crippen LogP contribution in [0.2, 0.25) is 5.02 Å². The number of methoxy groups -OCH3 is 1. The molecule has 1 N–H and O–H groups in total. The van der Waals surface area contributed by atoms with Crippen LogP contribution in [0.15, 0.2) is 24.8 Å². The zero-order chi connectivity index (χ0) is 14.3. The zero-order valence-corrected chi connectivity index (χ0v) is 12.7. The highest BCUT2D eigenvalue weighted by molar-refractivity contribution is 7.99. The van der Waals surface area contributed by atoms with Gasteiger partial charge in [-0.3, -0.25) is 4.79 Å². The van der Waals surface area contributed by atoms with Crippen LogP contribution in [0.3, 0.4) is 0 Å². The van der Waals surface area contributed by atoms with E-state index < -0.39 is 0 Å². The molecule has 0 aliphatic heterocycles. The summed E-state index contributed by atoms with van der Waals surface area (Å²) >= 11 is 7.59. The number of benzene rings is 1. The minimum atomic E-state index is -0.0471. The van der Waals surface area contributed by atoms with Crippen LogP contribution in [0.1, 0.15) is 12.0 Å². The molecule has 1 aromatic carbocycles. The fourth-order valence-electron chi connectivity index (χ4n) is 1.45. The third-order valence-electron chi connectivity index (χ3n) is 2.45. The minimum absolute atomic E-state index is 0.0471. The summed E-state index contributed by atoms with van der Waals surface area (Å²) in [6, 6.07) is 3.52. The number of anilines is 1. The Morgan fingerprint density at radius 3 is 2.95 bits per heavy atom. The SMILES string of the molecule is C=CCCSCC(=O)Nc1cc(C)c(Cl)cc1OC. The molecule has 0 heterocycles. The Morgan fingerprint density at radius 1 is 1.58 bits per heavy atom. The predicted molar refractivity (Wildman–Crippen MR) is 83.5 cm³/mol. The van der Waals surface area contributed by atoms with Crippen LogP contribution < -0.4 is 10.1 Å². The molecular formula is C14H18ClNO2S. The molecule has 104 valence electrons. The molecule has 0 unspecified atom stereocenters. The summed E-state index contributed by atoms with van der Waals surface area (Å²) in [6.07, 6.45) is 2.75. The van der Waals surface area contributed by atoms with E-state index in [9.17, 15) is 4.79 Å². The maximum atomic E-state index is 11.8. The predicted octanol–water partition coefficient (Wildman–Crippen LogP) is 3.90. The van der Waals surface area contributed by atoms with Gasteiger partial charge in [0.05, 0.1) is 18.6 Å². The van der Waals surface area contributed by atoms with Crippen molar-refractivity contribution < 1.29 is 9.53 Å². The Labute approximate surface area is 123 Å². The summed E-state index contributed by atoms with van der Waals surface area (Å²) in [7, 11) is 1.55. The van der Waals surface area contributed by atoms with Gasteiger partial charge in [-0.15, -0.1) is 6.58 Å². The average Bonchev–Trinajstić information content (AvgIpc) is 2.38. The van der Waals surface area contributed by atoms with Gasteiger partial charge in [0.2, 0.25) is 5.91 Å². The van der Waals surface area contributed by atoms with Gasteiger partial charge in [-0.05, 0) is 30.7 Å². The standard InChI is InChI=1S/C14H18ClNO2S/c1-4-5-6-19-9-14(17)16-12-7-10(2)11(15)8-13(12)18-3/h4,7-8H,1,5-6,9H2,2-3H3,(H,16,17). The van der Waals surface area contributed by atoms with Gasteiger partial charge < -0.3 is 10.1 Å². The van der Waals surface area contributed by atoms with E-state index in [1.807, 2.05) is 19.1 Å². The van der Waals surface area contributed by atoms with Gasteiger partial charge in [0, 0.05) is 11.1 Å². The number of carbonyl (C=O) groups is 1. The topological polar surface area (TPSA) is 38.3 Å². The van der Waals surface area contributed by atoms with Crippen molar-refractivity contribution in [1.82, 2.24) is 0 Å². The van der Waals surface area contributed by atoms with Gasteiger partial charge in [0.25, 0.3) is 0 Å². The van der Waals surface area contributed by atoms with Crippen molar-refractivity contribution in [2.75, 3.05) is 23.9 Å². The largest absolute Gasteiger partial charge is 0.495 e. The molecule has 0 fully saturated rings. The molecule has 3 nitrogen and oxygen atoms in total. The molecule has 1 rings (SSSR count). The molecular weight excluding hydrogens is 282 g/mol. The van der Waals surface area contributed by atoms with Crippen LogP contribution in [-0.4, -0.2) is 24.5 Å². The van der Waals surface area contributed by atoms with E-state index >= 15 is 0 Å². The van der Waals surface area contributed by atoms with Crippen LogP contribution in [0.25, 0.3) is 0 Å². The molecule has 0 aliphatic carbocycles. The van der Waals surface area contributed by atoms with E-state index in [4.69, 9.17) is 16.3 Å². The Balaban J connectivity index is 2.63. The molecule has 19 heavy (non-hydrogen) atoms. The van der Waals surface area contributed by atoms with Gasteiger partial charge in [-0.25, -0.2) is 0 Å². The number of nitrogens with one attached hydrogen (secondary N) is 1. The van der Waals surface area contributed by atoms with Crippen molar-refractivity contribution in [1.29, 1.82) is 0 Å². The summed E-state index contributed by atoms with van der Waals surface area (Å²) in [4.78, 5) is 11.8. The number of carbonyl (C=O) groups excluding carboxylic acids is 1. The lowest BCUT2D eigenvalue weighted by atomic mass is 10.2. The van der Waals surface area contributed by atoms with Crippen molar-refractivity contribution in [2.24, 2.45) is 0 Å². The monoisotopic (exact) mass is 299 g/mol. The zero-order valence-electron chi connectivity index (χ0n) is 11.2. The third kappa shape index (κ3) is 5.17. The molecule has 5 heteroatoms. The molecule has 0 saturated heterocycles. The van der Waals surface area contributed by atoms with E-state index in [-0.39, 0.29) is 5.91 Å². The second kappa shape index (κ2) is 8.12. The highest BCUT2D eigenvalue weighted by Gasteiger charge is 2.10. The maximum absolute atomic E-state index is 11.8. The lowest BCUT2D eigenvalue weighted by Crippen LogP contribution is -2.15. The van der Waals surface area contributed by atoms with E-state index in [1.165, 1.54) is 0 Å². The first-order chi connectivity index (χ1) is 9.08. The van der Waals surface area contributed by atoms with Crippen LogP contribution in [0, 0.1) is 6.92 Å². The Kier molecular flexibility index (Phi) is 6.81. The van der Waals surface area contributed by atoms with Crippen LogP contribution in [-0.2, 0) is 4.79 Å². The number of hydrogen-bond acceptors (Lipinski definition) is 3. The lowest BCUT2D eigenvalue weighted by Gasteiger charge is -2.12. The van der Waals surface area contributed by atoms with Crippen LogP contribution >= 0.6 is 23.4 Å². The number of allylic oxidation sites excluding steroid dienone is 1. The van der Waals surface area contributed by atoms with Gasteiger partial charge in [-0.1, -0.05) is 17.7 Å². The number of rotatable bonds is 7. The maximum Gasteiger partial charge on any atom is 0.234 e. The van der Waals surface area contributed by atoms with Crippen LogP contribution in [0.4, 0.5) is 5.69 Å². The van der Waals surface area contributed by atoms with E-state index in [2.05, 4.69) is 11.9 Å². The smallest absolute Gasteiger partial charge is 0.234 e. The van der Waals surface area contributed by atoms with Crippen molar-refractivity contribution in [3.05, 3.63) is 35.4 Å². The number of aryl methyl sites for hydroxylation is 1. The van der Waals surface area contributed by atoms with Crippen molar-refractivity contribution in [3.8, 4) is 5.75 Å². The molecule has 0 aromatic heterocycles. The summed E-state index contributed by atoms with van der Waals surface area (Å²) in [6.45, 7) is 5.53. The lowest BCUT2D eigenvalue weighted by molar-refractivity contribution is -0.113. The van der Waals surface area contributed by atoms with E-state index in [0.717, 1.165) is 17.7 Å². The average molecular weight is 300 g/mol. The Morgan fingerprint density at radius 2 is 2.32 bits per heavy atom. The Hall–Kier alpha value is -1.13. The number of amides is 1. The van der Waals surface area contributed by atoms with E-state index in [0.29, 0.717) is 22.2 Å².